The highest BCUT2D eigenvalue weighted by atomic mass is 32.2. The molecule has 0 unspecified atom stereocenters. The van der Waals surface area contributed by atoms with Crippen LogP contribution in [-0.4, -0.2) is 35.9 Å². The van der Waals surface area contributed by atoms with Gasteiger partial charge in [-0.25, -0.2) is 4.52 Å². The van der Waals surface area contributed by atoms with Crippen LogP contribution in [0.3, 0.4) is 0 Å². The van der Waals surface area contributed by atoms with Gasteiger partial charge in [0.25, 0.3) is 0 Å². The smallest absolute Gasteiger partial charge is 0.234 e. The van der Waals surface area contributed by atoms with E-state index in [9.17, 15) is 4.79 Å². The molecule has 0 aliphatic rings. The number of carbonyl (C=O) groups is 1. The minimum absolute atomic E-state index is 0.0760. The molecule has 0 aliphatic heterocycles. The minimum atomic E-state index is -0.0760. The Morgan fingerprint density at radius 1 is 0.970 bits per heavy atom. The predicted molar refractivity (Wildman–Crippen MR) is 132 cm³/mol. The normalized spacial score (nSPS) is 11.4. The zero-order chi connectivity index (χ0) is 23.1. The van der Waals surface area contributed by atoms with Gasteiger partial charge in [0.05, 0.1) is 11.4 Å². The van der Waals surface area contributed by atoms with Crippen molar-refractivity contribution >= 4 is 34.5 Å². The Morgan fingerprint density at radius 3 is 2.64 bits per heavy atom. The summed E-state index contributed by atoms with van der Waals surface area (Å²) in [6.07, 6.45) is 3.76. The molecule has 1 N–H and O–H groups in total. The third-order valence-electron chi connectivity index (χ3n) is 6.00. The van der Waals surface area contributed by atoms with E-state index in [1.54, 1.807) is 0 Å². The monoisotopic (exact) mass is 456 g/mol. The molecular formula is C25H24N6OS. The molecule has 5 rings (SSSR count). The second-order valence-corrected chi connectivity index (χ2v) is 9.16. The summed E-state index contributed by atoms with van der Waals surface area (Å²) in [5, 5.41) is 17.1. The molecule has 1 amide bonds. The van der Waals surface area contributed by atoms with Crippen LogP contribution in [0.2, 0.25) is 0 Å². The van der Waals surface area contributed by atoms with E-state index in [4.69, 9.17) is 5.10 Å². The summed E-state index contributed by atoms with van der Waals surface area (Å²) in [5.74, 6) is 0.167. The van der Waals surface area contributed by atoms with Crippen molar-refractivity contribution in [1.82, 2.24) is 24.2 Å². The van der Waals surface area contributed by atoms with Crippen LogP contribution in [0, 0.1) is 27.7 Å². The fraction of sp³-hybridized carbons (Fsp3) is 0.200. The maximum Gasteiger partial charge on any atom is 0.234 e. The first kappa shape index (κ1) is 21.2. The van der Waals surface area contributed by atoms with Crippen LogP contribution in [0.1, 0.15) is 22.3 Å². The van der Waals surface area contributed by atoms with Crippen molar-refractivity contribution in [3.05, 3.63) is 77.1 Å². The van der Waals surface area contributed by atoms with E-state index in [2.05, 4.69) is 47.6 Å². The fourth-order valence-corrected chi connectivity index (χ4v) is 4.45. The van der Waals surface area contributed by atoms with Gasteiger partial charge >= 0.3 is 0 Å². The van der Waals surface area contributed by atoms with E-state index < -0.39 is 0 Å². The number of fused-ring (bicyclic) bond motifs is 3. The van der Waals surface area contributed by atoms with E-state index in [0.717, 1.165) is 33.6 Å². The molecule has 0 saturated carbocycles. The van der Waals surface area contributed by atoms with Gasteiger partial charge in [-0.15, -0.1) is 10.2 Å². The number of carbonyl (C=O) groups excluding carboxylic acids is 1. The molecule has 0 aliphatic carbocycles. The summed E-state index contributed by atoms with van der Waals surface area (Å²) >= 11 is 1.36. The lowest BCUT2D eigenvalue weighted by atomic mass is 10.0. The van der Waals surface area contributed by atoms with Gasteiger partial charge in [0.15, 0.2) is 10.8 Å². The summed E-state index contributed by atoms with van der Waals surface area (Å²) in [4.78, 5) is 12.5. The number of nitrogens with zero attached hydrogens (tertiary/aromatic N) is 5. The first-order valence-electron chi connectivity index (χ1n) is 10.7. The number of amides is 1. The molecule has 7 nitrogen and oxygen atoms in total. The van der Waals surface area contributed by atoms with Crippen LogP contribution in [0.15, 0.2) is 60.0 Å². The van der Waals surface area contributed by atoms with Crippen molar-refractivity contribution in [2.45, 2.75) is 32.9 Å². The zero-order valence-electron chi connectivity index (χ0n) is 19.0. The standard InChI is InChI=1S/C25H24N6OS/c1-15-8-9-19(12-17(15)3)21-13-22-24-27-28-25(30(24)10-11-31(22)29-21)33-14-23(32)26-20-7-5-6-16(2)18(20)4/h5-13H,14H2,1-4H3,(H,26,32). The molecule has 0 bridgehead atoms. The number of rotatable bonds is 5. The second-order valence-electron chi connectivity index (χ2n) is 8.22. The molecule has 33 heavy (non-hydrogen) atoms. The molecular weight excluding hydrogens is 432 g/mol. The third kappa shape index (κ3) is 3.98. The van der Waals surface area contributed by atoms with Crippen molar-refractivity contribution in [3.63, 3.8) is 0 Å². The number of hydrogen-bond acceptors (Lipinski definition) is 5. The van der Waals surface area contributed by atoms with E-state index in [1.807, 2.05) is 59.4 Å². The molecule has 0 spiro atoms. The molecule has 5 aromatic rings. The summed E-state index contributed by atoms with van der Waals surface area (Å²) in [6.45, 7) is 8.24. The van der Waals surface area contributed by atoms with Gasteiger partial charge in [-0.05, 0) is 68.1 Å². The number of aromatic nitrogens is 5. The first-order chi connectivity index (χ1) is 15.9. The molecule has 166 valence electrons. The molecule has 3 heterocycles. The first-order valence-corrected chi connectivity index (χ1v) is 11.7. The number of thioether (sulfide) groups is 1. The van der Waals surface area contributed by atoms with Crippen molar-refractivity contribution < 1.29 is 4.79 Å². The Balaban J connectivity index is 1.38. The summed E-state index contributed by atoms with van der Waals surface area (Å²) in [6, 6.07) is 14.3. The molecule has 2 aromatic carbocycles. The topological polar surface area (TPSA) is 76.6 Å². The van der Waals surface area contributed by atoms with Gasteiger partial charge in [0, 0.05) is 23.6 Å². The average Bonchev–Trinajstić information content (AvgIpc) is 3.41. The van der Waals surface area contributed by atoms with Gasteiger partial charge in [-0.3, -0.25) is 9.20 Å². The summed E-state index contributed by atoms with van der Waals surface area (Å²) in [5.41, 5.74) is 9.07. The summed E-state index contributed by atoms with van der Waals surface area (Å²) in [7, 11) is 0. The van der Waals surface area contributed by atoms with Gasteiger partial charge in [-0.2, -0.15) is 5.10 Å². The number of aryl methyl sites for hydroxylation is 3. The van der Waals surface area contributed by atoms with Crippen molar-refractivity contribution in [3.8, 4) is 11.3 Å². The predicted octanol–water partition coefficient (Wildman–Crippen LogP) is 5.01. The Morgan fingerprint density at radius 2 is 1.82 bits per heavy atom. The molecule has 8 heteroatoms. The van der Waals surface area contributed by atoms with Crippen molar-refractivity contribution in [1.29, 1.82) is 0 Å². The average molecular weight is 457 g/mol. The van der Waals surface area contributed by atoms with Crippen molar-refractivity contribution in [2.75, 3.05) is 11.1 Å². The zero-order valence-corrected chi connectivity index (χ0v) is 19.8. The quantitative estimate of drug-likeness (QED) is 0.376. The molecule has 0 atom stereocenters. The lowest BCUT2D eigenvalue weighted by molar-refractivity contribution is -0.113. The largest absolute Gasteiger partial charge is 0.325 e. The number of hydrogen-bond donors (Lipinski definition) is 1. The van der Waals surface area contributed by atoms with Crippen LogP contribution in [0.4, 0.5) is 5.69 Å². The van der Waals surface area contributed by atoms with Gasteiger partial charge in [0.1, 0.15) is 5.52 Å². The molecule has 0 radical (unpaired) electrons. The number of nitrogens with one attached hydrogen (secondary N) is 1. The highest BCUT2D eigenvalue weighted by Crippen LogP contribution is 2.26. The molecule has 0 saturated heterocycles. The maximum atomic E-state index is 12.5. The highest BCUT2D eigenvalue weighted by molar-refractivity contribution is 7.99. The minimum Gasteiger partial charge on any atom is -0.325 e. The Hall–Kier alpha value is -3.65. The van der Waals surface area contributed by atoms with E-state index >= 15 is 0 Å². The van der Waals surface area contributed by atoms with Crippen LogP contribution in [0.25, 0.3) is 22.4 Å². The third-order valence-corrected chi connectivity index (χ3v) is 6.94. The van der Waals surface area contributed by atoms with Crippen LogP contribution < -0.4 is 5.32 Å². The fourth-order valence-electron chi connectivity index (χ4n) is 3.73. The van der Waals surface area contributed by atoms with E-state index in [-0.39, 0.29) is 11.7 Å². The van der Waals surface area contributed by atoms with E-state index in [1.165, 1.54) is 22.9 Å². The lowest BCUT2D eigenvalue weighted by Crippen LogP contribution is -2.15. The number of anilines is 1. The Bertz CT molecular complexity index is 1520. The highest BCUT2D eigenvalue weighted by Gasteiger charge is 2.15. The molecule has 3 aromatic heterocycles. The van der Waals surface area contributed by atoms with Gasteiger partial charge in [0.2, 0.25) is 5.91 Å². The van der Waals surface area contributed by atoms with E-state index in [0.29, 0.717) is 10.8 Å². The summed E-state index contributed by atoms with van der Waals surface area (Å²) < 4.78 is 3.72. The van der Waals surface area contributed by atoms with Gasteiger partial charge < -0.3 is 5.32 Å². The van der Waals surface area contributed by atoms with Gasteiger partial charge in [-0.1, -0.05) is 36.0 Å². The maximum absolute atomic E-state index is 12.5. The van der Waals surface area contributed by atoms with Crippen LogP contribution in [0.5, 0.6) is 0 Å². The lowest BCUT2D eigenvalue weighted by Gasteiger charge is -2.09. The van der Waals surface area contributed by atoms with Crippen LogP contribution >= 0.6 is 11.8 Å². The SMILES string of the molecule is Cc1ccc(-c2cc3c4nnc(SCC(=O)Nc5cccc(C)c5C)n4ccn3n2)cc1C. The number of benzene rings is 2. The van der Waals surface area contributed by atoms with Crippen LogP contribution in [-0.2, 0) is 4.79 Å². The second kappa shape index (κ2) is 8.37. The molecule has 0 fully saturated rings. The Kier molecular flexibility index (Phi) is 5.38. The van der Waals surface area contributed by atoms with Crippen molar-refractivity contribution in [2.24, 2.45) is 0 Å². The Labute approximate surface area is 195 Å².